The molecule has 2 aliphatic rings. The SMILES string of the molecule is NON1C2=C(CCCC2)C(c2ccccc2)CC1c1ccccc1. The molecule has 0 radical (unpaired) electrons. The number of benzene rings is 2. The lowest BCUT2D eigenvalue weighted by Gasteiger charge is -2.43. The highest BCUT2D eigenvalue weighted by Gasteiger charge is 2.37. The van der Waals surface area contributed by atoms with Crippen molar-refractivity contribution in [1.29, 1.82) is 0 Å². The minimum Gasteiger partial charge on any atom is -0.232 e. The molecule has 0 bridgehead atoms. The Kier molecular flexibility index (Phi) is 4.37. The van der Waals surface area contributed by atoms with Crippen LogP contribution in [-0.2, 0) is 4.94 Å². The van der Waals surface area contributed by atoms with Crippen molar-refractivity contribution in [2.75, 3.05) is 0 Å². The maximum Gasteiger partial charge on any atom is 0.0839 e. The van der Waals surface area contributed by atoms with Gasteiger partial charge in [0.05, 0.1) is 6.04 Å². The number of allylic oxidation sites excluding steroid dienone is 2. The van der Waals surface area contributed by atoms with Gasteiger partial charge in [0.25, 0.3) is 0 Å². The first-order chi connectivity index (χ1) is 11.9. The van der Waals surface area contributed by atoms with Crippen molar-refractivity contribution < 1.29 is 4.94 Å². The zero-order valence-corrected chi connectivity index (χ0v) is 13.9. The van der Waals surface area contributed by atoms with Gasteiger partial charge in [-0.05, 0) is 48.8 Å². The number of nitrogens with two attached hydrogens (primary N) is 1. The minimum absolute atomic E-state index is 0.165. The number of rotatable bonds is 3. The molecule has 3 heteroatoms. The van der Waals surface area contributed by atoms with Crippen LogP contribution in [0.25, 0.3) is 0 Å². The van der Waals surface area contributed by atoms with E-state index in [1.54, 1.807) is 0 Å². The Labute approximate surface area is 143 Å². The van der Waals surface area contributed by atoms with E-state index >= 15 is 0 Å². The lowest BCUT2D eigenvalue weighted by Crippen LogP contribution is -2.38. The average molecular weight is 320 g/mol. The quantitative estimate of drug-likeness (QED) is 0.822. The zero-order chi connectivity index (χ0) is 16.4. The molecule has 0 amide bonds. The first-order valence-electron chi connectivity index (χ1n) is 8.86. The van der Waals surface area contributed by atoms with E-state index < -0.39 is 0 Å². The fourth-order valence-electron chi connectivity index (χ4n) is 4.30. The van der Waals surface area contributed by atoms with Gasteiger partial charge < -0.3 is 0 Å². The van der Waals surface area contributed by atoms with E-state index in [0.717, 1.165) is 19.3 Å². The van der Waals surface area contributed by atoms with Gasteiger partial charge in [-0.3, -0.25) is 0 Å². The van der Waals surface area contributed by atoms with Crippen LogP contribution in [0.5, 0.6) is 0 Å². The van der Waals surface area contributed by atoms with Crippen molar-refractivity contribution in [2.24, 2.45) is 5.90 Å². The summed E-state index contributed by atoms with van der Waals surface area (Å²) in [7, 11) is 0. The van der Waals surface area contributed by atoms with Gasteiger partial charge in [-0.25, -0.2) is 5.06 Å². The molecular formula is C21H24N2O. The second-order valence-electron chi connectivity index (χ2n) is 6.74. The van der Waals surface area contributed by atoms with Gasteiger partial charge in [-0.2, -0.15) is 10.8 Å². The van der Waals surface area contributed by atoms with E-state index in [9.17, 15) is 0 Å². The Morgan fingerprint density at radius 2 is 1.46 bits per heavy atom. The molecule has 0 aromatic heterocycles. The molecule has 2 N–H and O–H groups in total. The standard InChI is InChI=1S/C21H24N2O/c22-24-23-20-14-8-7-13-18(20)19(16-9-3-1-4-10-16)15-21(23)17-11-5-2-6-12-17/h1-6,9-12,19,21H,7-8,13-15,22H2. The van der Waals surface area contributed by atoms with Gasteiger partial charge in [-0.15, -0.1) is 0 Å². The summed E-state index contributed by atoms with van der Waals surface area (Å²) in [5, 5.41) is 1.98. The molecule has 2 atom stereocenters. The molecule has 0 spiro atoms. The van der Waals surface area contributed by atoms with E-state index in [4.69, 9.17) is 10.8 Å². The molecule has 0 fully saturated rings. The Hall–Kier alpha value is -2.10. The number of hydroxylamine groups is 2. The lowest BCUT2D eigenvalue weighted by atomic mass is 9.75. The molecule has 124 valence electrons. The number of hydrogen-bond acceptors (Lipinski definition) is 3. The van der Waals surface area contributed by atoms with Crippen LogP contribution in [0, 0.1) is 0 Å². The van der Waals surface area contributed by atoms with Crippen molar-refractivity contribution in [1.82, 2.24) is 5.06 Å². The van der Waals surface area contributed by atoms with Crippen molar-refractivity contribution in [2.45, 2.75) is 44.1 Å². The predicted octanol–water partition coefficient (Wildman–Crippen LogP) is 4.85. The predicted molar refractivity (Wildman–Crippen MR) is 95.6 cm³/mol. The maximum atomic E-state index is 5.71. The van der Waals surface area contributed by atoms with Crippen molar-refractivity contribution in [3.63, 3.8) is 0 Å². The molecule has 24 heavy (non-hydrogen) atoms. The molecule has 2 aromatic rings. The molecule has 3 nitrogen and oxygen atoms in total. The molecule has 4 rings (SSSR count). The summed E-state index contributed by atoms with van der Waals surface area (Å²) in [6, 6.07) is 21.6. The highest BCUT2D eigenvalue weighted by Crippen LogP contribution is 2.49. The van der Waals surface area contributed by atoms with Crippen molar-refractivity contribution in [3.05, 3.63) is 83.1 Å². The molecule has 1 aliphatic carbocycles. The zero-order valence-electron chi connectivity index (χ0n) is 13.9. The summed E-state index contributed by atoms with van der Waals surface area (Å²) in [5.74, 6) is 6.17. The first-order valence-corrected chi connectivity index (χ1v) is 8.86. The number of hydrogen-bond donors (Lipinski definition) is 1. The van der Waals surface area contributed by atoms with Crippen LogP contribution in [0.1, 0.15) is 55.2 Å². The van der Waals surface area contributed by atoms with Gasteiger partial charge in [0.1, 0.15) is 0 Å². The molecule has 0 saturated heterocycles. The minimum atomic E-state index is 0.165. The summed E-state index contributed by atoms with van der Waals surface area (Å²) in [6.45, 7) is 0. The van der Waals surface area contributed by atoms with E-state index in [1.165, 1.54) is 35.2 Å². The van der Waals surface area contributed by atoms with Crippen LogP contribution in [0.2, 0.25) is 0 Å². The molecule has 1 heterocycles. The summed E-state index contributed by atoms with van der Waals surface area (Å²) in [4.78, 5) is 5.39. The van der Waals surface area contributed by atoms with Gasteiger partial charge in [0.15, 0.2) is 0 Å². The Morgan fingerprint density at radius 1 is 0.833 bits per heavy atom. The van der Waals surface area contributed by atoms with Crippen LogP contribution in [-0.4, -0.2) is 5.06 Å². The number of nitrogens with zero attached hydrogens (tertiary/aromatic N) is 1. The summed E-state index contributed by atoms with van der Waals surface area (Å²) in [5.41, 5.74) is 5.49. The van der Waals surface area contributed by atoms with E-state index in [1.807, 2.05) is 5.06 Å². The van der Waals surface area contributed by atoms with Crippen LogP contribution in [0.4, 0.5) is 0 Å². The second kappa shape index (κ2) is 6.80. The van der Waals surface area contributed by atoms with Gasteiger partial charge in [0, 0.05) is 11.6 Å². The summed E-state index contributed by atoms with van der Waals surface area (Å²) < 4.78 is 0. The topological polar surface area (TPSA) is 38.5 Å². The Bertz CT molecular complexity index is 711. The van der Waals surface area contributed by atoms with Crippen molar-refractivity contribution >= 4 is 0 Å². The third kappa shape index (κ3) is 2.74. The fourth-order valence-corrected chi connectivity index (χ4v) is 4.30. The summed E-state index contributed by atoms with van der Waals surface area (Å²) >= 11 is 0. The highest BCUT2D eigenvalue weighted by atomic mass is 16.8. The third-order valence-electron chi connectivity index (χ3n) is 5.41. The van der Waals surface area contributed by atoms with Crippen LogP contribution >= 0.6 is 0 Å². The van der Waals surface area contributed by atoms with Gasteiger partial charge in [-0.1, -0.05) is 60.7 Å². The third-order valence-corrected chi connectivity index (χ3v) is 5.41. The smallest absolute Gasteiger partial charge is 0.0839 e. The first kappa shape index (κ1) is 15.4. The normalized spacial score (nSPS) is 24.0. The Balaban J connectivity index is 1.80. The van der Waals surface area contributed by atoms with E-state index in [0.29, 0.717) is 5.92 Å². The fraction of sp³-hybridized carbons (Fsp3) is 0.333. The summed E-state index contributed by atoms with van der Waals surface area (Å²) in [6.07, 6.45) is 5.68. The monoisotopic (exact) mass is 320 g/mol. The van der Waals surface area contributed by atoms with Crippen LogP contribution < -0.4 is 5.90 Å². The Morgan fingerprint density at radius 3 is 2.12 bits per heavy atom. The maximum absolute atomic E-state index is 5.71. The van der Waals surface area contributed by atoms with E-state index in [2.05, 4.69) is 60.7 Å². The van der Waals surface area contributed by atoms with Gasteiger partial charge in [0.2, 0.25) is 0 Å². The van der Waals surface area contributed by atoms with Gasteiger partial charge >= 0.3 is 0 Å². The van der Waals surface area contributed by atoms with E-state index in [-0.39, 0.29) is 6.04 Å². The molecule has 2 unspecified atom stereocenters. The molecule has 0 saturated carbocycles. The van der Waals surface area contributed by atoms with Crippen molar-refractivity contribution in [3.8, 4) is 0 Å². The lowest BCUT2D eigenvalue weighted by molar-refractivity contribution is -0.177. The molecular weight excluding hydrogens is 296 g/mol. The highest BCUT2D eigenvalue weighted by molar-refractivity contribution is 5.37. The molecule has 1 aliphatic heterocycles. The average Bonchev–Trinajstić information content (AvgIpc) is 2.68. The second-order valence-corrected chi connectivity index (χ2v) is 6.74. The van der Waals surface area contributed by atoms with Crippen LogP contribution in [0.15, 0.2) is 71.9 Å². The largest absolute Gasteiger partial charge is 0.232 e. The molecule has 2 aromatic carbocycles. The van der Waals surface area contributed by atoms with Crippen LogP contribution in [0.3, 0.4) is 0 Å².